The van der Waals surface area contributed by atoms with E-state index >= 15 is 0 Å². The van der Waals surface area contributed by atoms with Crippen LogP contribution in [-0.2, 0) is 0 Å². The number of allylic oxidation sites excluding steroid dienone is 1. The van der Waals surface area contributed by atoms with Crippen LogP contribution in [0.5, 0.6) is 0 Å². The summed E-state index contributed by atoms with van der Waals surface area (Å²) in [5.41, 5.74) is 2.04. The summed E-state index contributed by atoms with van der Waals surface area (Å²) >= 11 is 0. The van der Waals surface area contributed by atoms with E-state index in [9.17, 15) is 5.11 Å². The van der Waals surface area contributed by atoms with Crippen LogP contribution in [0.2, 0.25) is 0 Å². The van der Waals surface area contributed by atoms with Gasteiger partial charge in [-0.15, -0.1) is 0 Å². The molecule has 0 bridgehead atoms. The van der Waals surface area contributed by atoms with E-state index in [1.54, 1.807) is 0 Å². The first kappa shape index (κ1) is 8.52. The van der Waals surface area contributed by atoms with Crippen molar-refractivity contribution in [1.82, 2.24) is 0 Å². The van der Waals surface area contributed by atoms with Gasteiger partial charge in [-0.25, -0.2) is 0 Å². The van der Waals surface area contributed by atoms with Gasteiger partial charge in [0, 0.05) is 0 Å². The minimum atomic E-state index is -0.564. The highest BCUT2D eigenvalue weighted by Crippen LogP contribution is 2.28. The van der Waals surface area contributed by atoms with E-state index in [0.29, 0.717) is 0 Å². The van der Waals surface area contributed by atoms with Gasteiger partial charge in [-0.2, -0.15) is 0 Å². The molecule has 0 N–H and O–H groups in total. The molecule has 0 amide bonds. The monoisotopic (exact) mass is 173 g/mol. The Morgan fingerprint density at radius 2 is 2.08 bits per heavy atom. The minimum absolute atomic E-state index is 0.208. The van der Waals surface area contributed by atoms with Crippen LogP contribution in [0.15, 0.2) is 30.3 Å². The number of benzene rings is 1. The standard InChI is InChI=1S/C12H13O/c1-9-5-4-7-10-6-2-3-8-11(10)12(9)13/h2-4,6-9,12H,5H2,1H3/q-1/t9-,12+/m1/s1. The summed E-state index contributed by atoms with van der Waals surface area (Å²) in [7, 11) is 0. The van der Waals surface area contributed by atoms with Crippen molar-refractivity contribution in [2.24, 2.45) is 5.92 Å². The lowest BCUT2D eigenvalue weighted by atomic mass is 9.95. The summed E-state index contributed by atoms with van der Waals surface area (Å²) in [5, 5.41) is 11.9. The maximum absolute atomic E-state index is 11.9. The highest BCUT2D eigenvalue weighted by Gasteiger charge is 2.12. The Morgan fingerprint density at radius 3 is 2.92 bits per heavy atom. The molecule has 0 spiro atoms. The van der Waals surface area contributed by atoms with Crippen molar-refractivity contribution in [3.8, 4) is 0 Å². The van der Waals surface area contributed by atoms with Crippen LogP contribution < -0.4 is 5.11 Å². The summed E-state index contributed by atoms with van der Waals surface area (Å²) in [6.07, 6.45) is 4.49. The van der Waals surface area contributed by atoms with Gasteiger partial charge in [0.1, 0.15) is 0 Å². The SMILES string of the molecule is C[C@@H]1CC=Cc2ccccc2[C@H]1[O-]. The van der Waals surface area contributed by atoms with Gasteiger partial charge in [-0.05, 0) is 17.9 Å². The van der Waals surface area contributed by atoms with E-state index < -0.39 is 6.10 Å². The molecule has 1 heteroatoms. The lowest BCUT2D eigenvalue weighted by Gasteiger charge is -2.28. The second kappa shape index (κ2) is 3.35. The number of hydrogen-bond donors (Lipinski definition) is 0. The zero-order valence-corrected chi connectivity index (χ0v) is 7.73. The van der Waals surface area contributed by atoms with Gasteiger partial charge in [0.15, 0.2) is 0 Å². The van der Waals surface area contributed by atoms with Crippen molar-refractivity contribution in [2.45, 2.75) is 19.4 Å². The number of fused-ring (bicyclic) bond motifs is 1. The zero-order valence-electron chi connectivity index (χ0n) is 7.73. The van der Waals surface area contributed by atoms with E-state index in [0.717, 1.165) is 17.5 Å². The lowest BCUT2D eigenvalue weighted by Crippen LogP contribution is -2.22. The Bertz CT molecular complexity index is 328. The van der Waals surface area contributed by atoms with E-state index in [1.807, 2.05) is 31.2 Å². The molecule has 1 aliphatic rings. The maximum atomic E-state index is 11.9. The molecule has 0 saturated carbocycles. The van der Waals surface area contributed by atoms with Crippen LogP contribution in [-0.4, -0.2) is 0 Å². The van der Waals surface area contributed by atoms with E-state index in [1.165, 1.54) is 0 Å². The van der Waals surface area contributed by atoms with Gasteiger partial charge in [0.25, 0.3) is 0 Å². The average Bonchev–Trinajstić information content (AvgIpc) is 2.29. The molecular formula is C12H13O-. The quantitative estimate of drug-likeness (QED) is 0.589. The number of hydrogen-bond acceptors (Lipinski definition) is 1. The van der Waals surface area contributed by atoms with E-state index in [4.69, 9.17) is 0 Å². The van der Waals surface area contributed by atoms with Crippen LogP contribution in [0.3, 0.4) is 0 Å². The highest BCUT2D eigenvalue weighted by molar-refractivity contribution is 5.55. The molecule has 0 fully saturated rings. The smallest absolute Gasteiger partial charge is 0.0239 e. The summed E-state index contributed by atoms with van der Waals surface area (Å²) in [6, 6.07) is 7.87. The Morgan fingerprint density at radius 1 is 1.31 bits per heavy atom. The summed E-state index contributed by atoms with van der Waals surface area (Å²) in [5.74, 6) is 0.208. The summed E-state index contributed by atoms with van der Waals surface area (Å²) < 4.78 is 0. The van der Waals surface area contributed by atoms with Crippen LogP contribution in [0.25, 0.3) is 6.08 Å². The van der Waals surface area contributed by atoms with Crippen LogP contribution in [0.1, 0.15) is 30.6 Å². The molecule has 0 saturated heterocycles. The largest absolute Gasteiger partial charge is 0.848 e. The van der Waals surface area contributed by atoms with Crippen molar-refractivity contribution in [3.63, 3.8) is 0 Å². The van der Waals surface area contributed by atoms with Gasteiger partial charge in [-0.1, -0.05) is 55.0 Å². The molecule has 1 nitrogen and oxygen atoms in total. The van der Waals surface area contributed by atoms with Crippen LogP contribution >= 0.6 is 0 Å². The molecule has 0 unspecified atom stereocenters. The fourth-order valence-corrected chi connectivity index (χ4v) is 1.76. The molecule has 2 atom stereocenters. The third-order valence-corrected chi connectivity index (χ3v) is 2.62. The number of rotatable bonds is 0. The van der Waals surface area contributed by atoms with Gasteiger partial charge >= 0.3 is 0 Å². The van der Waals surface area contributed by atoms with Crippen molar-refractivity contribution >= 4 is 6.08 Å². The molecule has 68 valence electrons. The van der Waals surface area contributed by atoms with Crippen LogP contribution in [0.4, 0.5) is 0 Å². The lowest BCUT2D eigenvalue weighted by molar-refractivity contribution is -0.438. The normalized spacial score (nSPS) is 26.6. The third kappa shape index (κ3) is 1.52. The predicted octanol–water partition coefficient (Wildman–Crippen LogP) is 2.14. The molecular weight excluding hydrogens is 160 g/mol. The first-order chi connectivity index (χ1) is 6.29. The molecule has 1 aromatic carbocycles. The third-order valence-electron chi connectivity index (χ3n) is 2.62. The first-order valence-electron chi connectivity index (χ1n) is 4.70. The maximum Gasteiger partial charge on any atom is -0.0239 e. The fraction of sp³-hybridized carbons (Fsp3) is 0.333. The zero-order chi connectivity index (χ0) is 9.26. The summed E-state index contributed by atoms with van der Waals surface area (Å²) in [4.78, 5) is 0. The Hall–Kier alpha value is -1.08. The Kier molecular flexibility index (Phi) is 2.19. The van der Waals surface area contributed by atoms with Crippen molar-refractivity contribution in [3.05, 3.63) is 41.5 Å². The second-order valence-corrected chi connectivity index (χ2v) is 3.66. The van der Waals surface area contributed by atoms with E-state index in [-0.39, 0.29) is 5.92 Å². The molecule has 0 aliphatic heterocycles. The highest BCUT2D eigenvalue weighted by atomic mass is 16.3. The van der Waals surface area contributed by atoms with Gasteiger partial charge in [0.05, 0.1) is 0 Å². The van der Waals surface area contributed by atoms with Crippen LogP contribution in [0, 0.1) is 5.92 Å². The first-order valence-corrected chi connectivity index (χ1v) is 4.70. The van der Waals surface area contributed by atoms with Crippen molar-refractivity contribution in [2.75, 3.05) is 0 Å². The second-order valence-electron chi connectivity index (χ2n) is 3.66. The molecule has 0 aromatic heterocycles. The molecule has 1 aromatic rings. The van der Waals surface area contributed by atoms with E-state index in [2.05, 4.69) is 12.2 Å². The summed E-state index contributed by atoms with van der Waals surface area (Å²) in [6.45, 7) is 2.02. The van der Waals surface area contributed by atoms with Crippen molar-refractivity contribution in [1.29, 1.82) is 0 Å². The molecule has 0 radical (unpaired) electrons. The Labute approximate surface area is 78.7 Å². The molecule has 13 heavy (non-hydrogen) atoms. The fourth-order valence-electron chi connectivity index (χ4n) is 1.76. The average molecular weight is 173 g/mol. The topological polar surface area (TPSA) is 23.1 Å². The van der Waals surface area contributed by atoms with Gasteiger partial charge in [0.2, 0.25) is 0 Å². The minimum Gasteiger partial charge on any atom is -0.848 e. The Balaban J connectivity index is 2.48. The van der Waals surface area contributed by atoms with Gasteiger partial charge in [-0.3, -0.25) is 0 Å². The van der Waals surface area contributed by atoms with Crippen molar-refractivity contribution < 1.29 is 5.11 Å². The molecule has 2 rings (SSSR count). The van der Waals surface area contributed by atoms with Gasteiger partial charge < -0.3 is 5.11 Å². The molecule has 1 aliphatic carbocycles. The molecule has 0 heterocycles. The predicted molar refractivity (Wildman–Crippen MR) is 52.0 cm³/mol.